The smallest absolute Gasteiger partial charge is 0.226 e. The summed E-state index contributed by atoms with van der Waals surface area (Å²) in [6.07, 6.45) is 0.149. The lowest BCUT2D eigenvalue weighted by molar-refractivity contribution is 0.128. The fourth-order valence-corrected chi connectivity index (χ4v) is 2.31. The normalized spacial score (nSPS) is 12.6. The van der Waals surface area contributed by atoms with E-state index in [0.29, 0.717) is 5.95 Å². The molecule has 5 nitrogen and oxygen atoms in total. The lowest BCUT2D eigenvalue weighted by atomic mass is 10.3. The van der Waals surface area contributed by atoms with Gasteiger partial charge in [-0.05, 0) is 25.3 Å². The molecule has 2 rings (SSSR count). The van der Waals surface area contributed by atoms with E-state index in [1.165, 1.54) is 0 Å². The third-order valence-electron chi connectivity index (χ3n) is 2.62. The van der Waals surface area contributed by atoms with E-state index in [1.807, 2.05) is 25.3 Å². The number of rotatable bonds is 6. The molecule has 98 valence electrons. The molecule has 0 aliphatic rings. The summed E-state index contributed by atoms with van der Waals surface area (Å²) >= 11 is 1.62. The Morgan fingerprint density at radius 1 is 1.39 bits per heavy atom. The maximum atomic E-state index is 5.22. The summed E-state index contributed by atoms with van der Waals surface area (Å²) in [5, 5.41) is 9.55. The van der Waals surface area contributed by atoms with Crippen LogP contribution < -0.4 is 10.6 Å². The molecule has 0 spiro atoms. The van der Waals surface area contributed by atoms with Gasteiger partial charge in [0.15, 0.2) is 0 Å². The highest BCUT2D eigenvalue weighted by Crippen LogP contribution is 2.26. The molecule has 1 unspecified atom stereocenters. The van der Waals surface area contributed by atoms with Crippen LogP contribution >= 0.6 is 11.3 Å². The maximum absolute atomic E-state index is 5.22. The number of anilines is 2. The summed E-state index contributed by atoms with van der Waals surface area (Å²) in [7, 11) is 1.70. The predicted molar refractivity (Wildman–Crippen MR) is 76.5 cm³/mol. The van der Waals surface area contributed by atoms with Crippen LogP contribution in [0.5, 0.6) is 0 Å². The highest BCUT2D eigenvalue weighted by molar-refractivity contribution is 7.16. The molecule has 2 aromatic heterocycles. The van der Waals surface area contributed by atoms with E-state index in [0.717, 1.165) is 29.1 Å². The predicted octanol–water partition coefficient (Wildman–Crippen LogP) is 2.57. The first kappa shape index (κ1) is 13.0. The fourth-order valence-electron chi connectivity index (χ4n) is 1.55. The van der Waals surface area contributed by atoms with Crippen molar-refractivity contribution in [2.24, 2.45) is 0 Å². The monoisotopic (exact) mass is 266 g/mol. The summed E-state index contributed by atoms with van der Waals surface area (Å²) in [5.74, 6) is 1.53. The Bertz CT molecular complexity index is 514. The summed E-state index contributed by atoms with van der Waals surface area (Å²) in [4.78, 5) is 9.94. The van der Waals surface area contributed by atoms with Gasteiger partial charge in [0.25, 0.3) is 0 Å². The third-order valence-corrected chi connectivity index (χ3v) is 3.43. The van der Waals surface area contributed by atoms with Crippen molar-refractivity contribution in [2.45, 2.75) is 20.0 Å². The highest BCUT2D eigenvalue weighted by atomic mass is 32.1. The molecule has 0 bridgehead atoms. The summed E-state index contributed by atoms with van der Waals surface area (Å²) in [5.41, 5.74) is 0. The lowest BCUT2D eigenvalue weighted by Gasteiger charge is -2.12. The average Bonchev–Trinajstić information content (AvgIpc) is 2.84. The molecule has 0 saturated carbocycles. The third kappa shape index (κ3) is 2.88. The summed E-state index contributed by atoms with van der Waals surface area (Å²) in [6, 6.07) is 2.04. The van der Waals surface area contributed by atoms with Crippen molar-refractivity contribution in [1.82, 2.24) is 9.97 Å². The quantitative estimate of drug-likeness (QED) is 0.841. The van der Waals surface area contributed by atoms with Crippen LogP contribution in [-0.2, 0) is 4.74 Å². The summed E-state index contributed by atoms with van der Waals surface area (Å²) in [6.45, 7) is 5.58. The van der Waals surface area contributed by atoms with Crippen LogP contribution in [0.1, 0.15) is 13.8 Å². The molecule has 0 saturated heterocycles. The second kappa shape index (κ2) is 5.97. The van der Waals surface area contributed by atoms with Crippen molar-refractivity contribution in [3.8, 4) is 0 Å². The van der Waals surface area contributed by atoms with Crippen LogP contribution in [0.4, 0.5) is 11.8 Å². The maximum Gasteiger partial charge on any atom is 0.226 e. The number of nitrogens with one attached hydrogen (secondary N) is 2. The van der Waals surface area contributed by atoms with Gasteiger partial charge >= 0.3 is 0 Å². The number of hydrogen-bond donors (Lipinski definition) is 2. The Kier molecular flexibility index (Phi) is 4.33. The molecule has 0 amide bonds. The zero-order valence-electron chi connectivity index (χ0n) is 10.9. The second-order valence-corrected chi connectivity index (χ2v) is 4.89. The molecule has 0 aliphatic carbocycles. The van der Waals surface area contributed by atoms with Gasteiger partial charge in [-0.2, -0.15) is 4.98 Å². The number of ether oxygens (including phenoxy) is 1. The van der Waals surface area contributed by atoms with Gasteiger partial charge in [0.05, 0.1) is 11.5 Å². The van der Waals surface area contributed by atoms with Gasteiger partial charge in [0, 0.05) is 20.2 Å². The van der Waals surface area contributed by atoms with Crippen molar-refractivity contribution in [1.29, 1.82) is 0 Å². The van der Waals surface area contributed by atoms with Gasteiger partial charge in [-0.1, -0.05) is 0 Å². The van der Waals surface area contributed by atoms with E-state index in [-0.39, 0.29) is 6.10 Å². The topological polar surface area (TPSA) is 59.1 Å². The van der Waals surface area contributed by atoms with Gasteiger partial charge in [-0.3, -0.25) is 0 Å². The number of fused-ring (bicyclic) bond motifs is 1. The van der Waals surface area contributed by atoms with Crippen molar-refractivity contribution < 1.29 is 4.74 Å². The standard InChI is InChI=1S/C12H18N4OS/c1-4-13-12-15-10(14-7-8(2)17-3)9-5-6-18-11(9)16-12/h5-6,8H,4,7H2,1-3H3,(H2,13,14,15,16). The summed E-state index contributed by atoms with van der Waals surface area (Å²) < 4.78 is 5.22. The molecule has 0 radical (unpaired) electrons. The van der Waals surface area contributed by atoms with Crippen LogP contribution in [0.15, 0.2) is 11.4 Å². The van der Waals surface area contributed by atoms with Gasteiger partial charge < -0.3 is 15.4 Å². The van der Waals surface area contributed by atoms with E-state index < -0.39 is 0 Å². The molecule has 0 fully saturated rings. The minimum atomic E-state index is 0.149. The first-order valence-corrected chi connectivity index (χ1v) is 6.88. The minimum Gasteiger partial charge on any atom is -0.380 e. The van der Waals surface area contributed by atoms with E-state index in [4.69, 9.17) is 4.74 Å². The van der Waals surface area contributed by atoms with Crippen LogP contribution in [-0.4, -0.2) is 36.3 Å². The molecular formula is C12H18N4OS. The number of nitrogens with zero attached hydrogens (tertiary/aromatic N) is 2. The Morgan fingerprint density at radius 2 is 2.22 bits per heavy atom. The van der Waals surface area contributed by atoms with Crippen molar-refractivity contribution in [3.63, 3.8) is 0 Å². The van der Waals surface area contributed by atoms with Crippen molar-refractivity contribution in [3.05, 3.63) is 11.4 Å². The van der Waals surface area contributed by atoms with Crippen molar-refractivity contribution in [2.75, 3.05) is 30.8 Å². The molecule has 2 N–H and O–H groups in total. The van der Waals surface area contributed by atoms with Crippen molar-refractivity contribution >= 4 is 33.3 Å². The largest absolute Gasteiger partial charge is 0.380 e. The zero-order chi connectivity index (χ0) is 13.0. The van der Waals surface area contributed by atoms with E-state index in [9.17, 15) is 0 Å². The molecule has 18 heavy (non-hydrogen) atoms. The molecule has 0 aliphatic heterocycles. The van der Waals surface area contributed by atoms with Gasteiger partial charge in [-0.25, -0.2) is 4.98 Å². The number of methoxy groups -OCH3 is 1. The van der Waals surface area contributed by atoms with E-state index >= 15 is 0 Å². The van der Waals surface area contributed by atoms with Crippen LogP contribution in [0.2, 0.25) is 0 Å². The number of thiophene rings is 1. The average molecular weight is 266 g/mol. The first-order chi connectivity index (χ1) is 8.74. The molecule has 1 atom stereocenters. The molecule has 2 heterocycles. The van der Waals surface area contributed by atoms with Crippen LogP contribution in [0.25, 0.3) is 10.2 Å². The Balaban J connectivity index is 2.25. The van der Waals surface area contributed by atoms with Gasteiger partial charge in [-0.15, -0.1) is 11.3 Å². The molecule has 6 heteroatoms. The molecular weight excluding hydrogens is 248 g/mol. The van der Waals surface area contributed by atoms with Crippen LogP contribution in [0, 0.1) is 0 Å². The molecule has 0 aromatic carbocycles. The van der Waals surface area contributed by atoms with Gasteiger partial charge in [0.2, 0.25) is 5.95 Å². The first-order valence-electron chi connectivity index (χ1n) is 6.00. The fraction of sp³-hybridized carbons (Fsp3) is 0.500. The van der Waals surface area contributed by atoms with Crippen LogP contribution in [0.3, 0.4) is 0 Å². The zero-order valence-corrected chi connectivity index (χ0v) is 11.7. The van der Waals surface area contributed by atoms with E-state index in [2.05, 4.69) is 20.6 Å². The lowest BCUT2D eigenvalue weighted by Crippen LogP contribution is -2.19. The number of aromatic nitrogens is 2. The highest BCUT2D eigenvalue weighted by Gasteiger charge is 2.09. The minimum absolute atomic E-state index is 0.149. The van der Waals surface area contributed by atoms with E-state index in [1.54, 1.807) is 18.4 Å². The van der Waals surface area contributed by atoms with Gasteiger partial charge in [0.1, 0.15) is 10.6 Å². The Labute approximate surface area is 111 Å². The second-order valence-electron chi connectivity index (χ2n) is 3.99. The Morgan fingerprint density at radius 3 is 2.94 bits per heavy atom. The Hall–Kier alpha value is -1.40. The number of hydrogen-bond acceptors (Lipinski definition) is 6. The SMILES string of the molecule is CCNc1nc(NCC(C)OC)c2ccsc2n1. The molecule has 2 aromatic rings.